The predicted octanol–water partition coefficient (Wildman–Crippen LogP) is 3.30. The zero-order valence-corrected chi connectivity index (χ0v) is 12.9. The Morgan fingerprint density at radius 1 is 1.25 bits per heavy atom. The van der Waals surface area contributed by atoms with Gasteiger partial charge < -0.3 is 10.1 Å². The number of hydrogen-bond donors (Lipinski definition) is 1. The molecular weight excluding hydrogens is 323 g/mol. The lowest BCUT2D eigenvalue weighted by molar-refractivity contribution is -0.139. The molecule has 0 spiro atoms. The minimum absolute atomic E-state index is 0.107. The van der Waals surface area contributed by atoms with Gasteiger partial charge in [-0.1, -0.05) is 6.07 Å². The van der Waals surface area contributed by atoms with Crippen LogP contribution in [0.2, 0.25) is 0 Å². The summed E-state index contributed by atoms with van der Waals surface area (Å²) in [6.07, 6.45) is -0.788. The van der Waals surface area contributed by atoms with Crippen LogP contribution in [0.25, 0.3) is 0 Å². The fourth-order valence-electron chi connectivity index (χ4n) is 1.87. The predicted molar refractivity (Wildman–Crippen MR) is 80.5 cm³/mol. The third-order valence-electron chi connectivity index (χ3n) is 3.18. The molecule has 1 N–H and O–H groups in total. The Morgan fingerprint density at radius 2 is 1.96 bits per heavy atom. The minimum Gasteiger partial charge on any atom is -0.477 e. The number of nitrogens with one attached hydrogen (secondary N) is 1. The zero-order chi connectivity index (χ0) is 17.6. The first-order valence-electron chi connectivity index (χ1n) is 7.21. The van der Waals surface area contributed by atoms with Crippen LogP contribution in [0.15, 0.2) is 42.9 Å². The second kappa shape index (κ2) is 7.76. The molecule has 0 radical (unpaired) electrons. The maximum absolute atomic E-state index is 12.0. The van der Waals surface area contributed by atoms with Crippen molar-refractivity contribution < 1.29 is 22.7 Å². The number of alkyl halides is 3. The van der Waals surface area contributed by atoms with Crippen molar-refractivity contribution in [3.63, 3.8) is 0 Å². The minimum atomic E-state index is -4.26. The molecule has 1 atom stereocenters. The SMILES string of the molecule is CC(NC(=O)c1ccncc1)c1ccc(OCCC(F)(F)F)nc1. The lowest BCUT2D eigenvalue weighted by Gasteiger charge is -2.14. The number of amides is 1. The van der Waals surface area contributed by atoms with E-state index in [1.165, 1.54) is 24.7 Å². The van der Waals surface area contributed by atoms with Crippen LogP contribution in [0.4, 0.5) is 13.2 Å². The molecule has 2 aromatic rings. The summed E-state index contributed by atoms with van der Waals surface area (Å²) < 4.78 is 41.1. The number of aromatic nitrogens is 2. The summed E-state index contributed by atoms with van der Waals surface area (Å²) in [4.78, 5) is 19.8. The average molecular weight is 339 g/mol. The van der Waals surface area contributed by atoms with Gasteiger partial charge in [0.05, 0.1) is 19.1 Å². The Hall–Kier alpha value is -2.64. The maximum Gasteiger partial charge on any atom is 0.392 e. The van der Waals surface area contributed by atoms with E-state index in [0.29, 0.717) is 11.1 Å². The molecule has 2 aromatic heterocycles. The molecule has 2 heterocycles. The summed E-state index contributed by atoms with van der Waals surface area (Å²) in [6, 6.07) is 5.99. The van der Waals surface area contributed by atoms with Crippen molar-refractivity contribution >= 4 is 5.91 Å². The molecule has 0 aliphatic rings. The van der Waals surface area contributed by atoms with E-state index < -0.39 is 19.2 Å². The van der Waals surface area contributed by atoms with E-state index in [4.69, 9.17) is 4.74 Å². The molecule has 0 aromatic carbocycles. The van der Waals surface area contributed by atoms with E-state index in [0.717, 1.165) is 0 Å². The van der Waals surface area contributed by atoms with Gasteiger partial charge in [-0.15, -0.1) is 0 Å². The van der Waals surface area contributed by atoms with Gasteiger partial charge in [0, 0.05) is 30.2 Å². The Morgan fingerprint density at radius 3 is 2.54 bits per heavy atom. The largest absolute Gasteiger partial charge is 0.477 e. The maximum atomic E-state index is 12.0. The lowest BCUT2D eigenvalue weighted by Crippen LogP contribution is -2.26. The number of rotatable bonds is 6. The molecule has 1 unspecified atom stereocenters. The van der Waals surface area contributed by atoms with Gasteiger partial charge in [-0.2, -0.15) is 13.2 Å². The molecule has 8 heteroatoms. The van der Waals surface area contributed by atoms with Crippen LogP contribution in [0.3, 0.4) is 0 Å². The van der Waals surface area contributed by atoms with Crippen LogP contribution in [0.5, 0.6) is 5.88 Å². The molecule has 2 rings (SSSR count). The van der Waals surface area contributed by atoms with Gasteiger partial charge in [0.2, 0.25) is 5.88 Å². The molecule has 1 amide bonds. The summed E-state index contributed by atoms with van der Waals surface area (Å²) in [5.41, 5.74) is 1.19. The van der Waals surface area contributed by atoms with Gasteiger partial charge in [-0.25, -0.2) is 4.98 Å². The molecule has 0 saturated heterocycles. The van der Waals surface area contributed by atoms with Gasteiger partial charge in [-0.3, -0.25) is 9.78 Å². The Balaban J connectivity index is 1.89. The van der Waals surface area contributed by atoms with Crippen molar-refractivity contribution in [3.8, 4) is 5.88 Å². The molecule has 0 aliphatic carbocycles. The summed E-state index contributed by atoms with van der Waals surface area (Å²) in [6.45, 7) is 1.30. The topological polar surface area (TPSA) is 64.1 Å². The Bertz CT molecular complexity index is 661. The molecule has 5 nitrogen and oxygen atoms in total. The first-order chi connectivity index (χ1) is 11.3. The average Bonchev–Trinajstić information content (AvgIpc) is 2.55. The van der Waals surface area contributed by atoms with Crippen molar-refractivity contribution in [3.05, 3.63) is 54.0 Å². The number of halogens is 3. The van der Waals surface area contributed by atoms with E-state index in [2.05, 4.69) is 15.3 Å². The van der Waals surface area contributed by atoms with Gasteiger partial charge in [0.15, 0.2) is 0 Å². The van der Waals surface area contributed by atoms with E-state index in [1.807, 2.05) is 0 Å². The smallest absolute Gasteiger partial charge is 0.392 e. The van der Waals surface area contributed by atoms with Crippen LogP contribution in [0.1, 0.15) is 35.3 Å². The number of nitrogens with zero attached hydrogens (tertiary/aromatic N) is 2. The van der Waals surface area contributed by atoms with Gasteiger partial charge >= 0.3 is 6.18 Å². The standard InChI is InChI=1S/C16H16F3N3O2/c1-11(22-15(23)12-4-7-20-8-5-12)13-2-3-14(21-10-13)24-9-6-16(17,18)19/h2-5,7-8,10-11H,6,9H2,1H3,(H,22,23). The first kappa shape index (κ1) is 17.7. The number of carbonyl (C=O) groups excluding carboxylic acids is 1. The van der Waals surface area contributed by atoms with Crippen molar-refractivity contribution in [2.75, 3.05) is 6.61 Å². The highest BCUT2D eigenvalue weighted by atomic mass is 19.4. The normalized spacial score (nSPS) is 12.5. The second-order valence-corrected chi connectivity index (χ2v) is 5.07. The number of pyridine rings is 2. The second-order valence-electron chi connectivity index (χ2n) is 5.07. The molecule has 0 saturated carbocycles. The summed E-state index contributed by atoms with van der Waals surface area (Å²) >= 11 is 0. The van der Waals surface area contributed by atoms with Crippen LogP contribution >= 0.6 is 0 Å². The van der Waals surface area contributed by atoms with Crippen LogP contribution in [0, 0.1) is 0 Å². The van der Waals surface area contributed by atoms with E-state index in [-0.39, 0.29) is 17.8 Å². The quantitative estimate of drug-likeness (QED) is 0.877. The highest BCUT2D eigenvalue weighted by Gasteiger charge is 2.26. The fraction of sp³-hybridized carbons (Fsp3) is 0.312. The molecule has 0 fully saturated rings. The van der Waals surface area contributed by atoms with Crippen LogP contribution < -0.4 is 10.1 Å². The molecule has 128 valence electrons. The zero-order valence-electron chi connectivity index (χ0n) is 12.9. The third kappa shape index (κ3) is 5.53. The fourth-order valence-corrected chi connectivity index (χ4v) is 1.87. The van der Waals surface area contributed by atoms with Crippen molar-refractivity contribution in [1.82, 2.24) is 15.3 Å². The first-order valence-corrected chi connectivity index (χ1v) is 7.21. The molecule has 0 bridgehead atoms. The Kier molecular flexibility index (Phi) is 5.73. The van der Waals surface area contributed by atoms with Crippen molar-refractivity contribution in [2.45, 2.75) is 25.6 Å². The van der Waals surface area contributed by atoms with Crippen LogP contribution in [-0.4, -0.2) is 28.7 Å². The van der Waals surface area contributed by atoms with Gasteiger partial charge in [-0.05, 0) is 24.6 Å². The van der Waals surface area contributed by atoms with E-state index in [9.17, 15) is 18.0 Å². The van der Waals surface area contributed by atoms with E-state index in [1.54, 1.807) is 25.1 Å². The van der Waals surface area contributed by atoms with Crippen molar-refractivity contribution in [1.29, 1.82) is 0 Å². The summed E-state index contributed by atoms with van der Waals surface area (Å²) in [7, 11) is 0. The van der Waals surface area contributed by atoms with Gasteiger partial charge in [0.1, 0.15) is 0 Å². The summed E-state index contributed by atoms with van der Waals surface area (Å²) in [5, 5.41) is 2.80. The Labute approximate surface area is 136 Å². The highest BCUT2D eigenvalue weighted by Crippen LogP contribution is 2.20. The van der Waals surface area contributed by atoms with Crippen LogP contribution in [-0.2, 0) is 0 Å². The number of carbonyl (C=O) groups is 1. The molecular formula is C16H16F3N3O2. The highest BCUT2D eigenvalue weighted by molar-refractivity contribution is 5.94. The molecule has 24 heavy (non-hydrogen) atoms. The molecule has 0 aliphatic heterocycles. The lowest BCUT2D eigenvalue weighted by atomic mass is 10.1. The van der Waals surface area contributed by atoms with E-state index >= 15 is 0 Å². The van der Waals surface area contributed by atoms with Gasteiger partial charge in [0.25, 0.3) is 5.91 Å². The number of hydrogen-bond acceptors (Lipinski definition) is 4. The van der Waals surface area contributed by atoms with Crippen molar-refractivity contribution in [2.24, 2.45) is 0 Å². The summed E-state index contributed by atoms with van der Waals surface area (Å²) in [5.74, 6) is -0.147. The number of ether oxygens (including phenoxy) is 1. The third-order valence-corrected chi connectivity index (χ3v) is 3.18. The monoisotopic (exact) mass is 339 g/mol.